The number of benzene rings is 1. The lowest BCUT2D eigenvalue weighted by molar-refractivity contribution is 0.193. The SMILES string of the molecule is CCN(Cc1ccccc1)c1cc(C2CCOC2)ncn1. The average molecular weight is 283 g/mol. The lowest BCUT2D eigenvalue weighted by Gasteiger charge is -2.22. The molecule has 110 valence electrons. The van der Waals surface area contributed by atoms with E-state index in [0.29, 0.717) is 5.92 Å². The first-order chi connectivity index (χ1) is 10.4. The van der Waals surface area contributed by atoms with Gasteiger partial charge >= 0.3 is 0 Å². The predicted molar refractivity (Wildman–Crippen MR) is 83.4 cm³/mol. The van der Waals surface area contributed by atoms with Crippen LogP contribution in [0.15, 0.2) is 42.7 Å². The third kappa shape index (κ3) is 3.39. The van der Waals surface area contributed by atoms with Gasteiger partial charge in [0.2, 0.25) is 0 Å². The Bertz CT molecular complexity index is 567. The van der Waals surface area contributed by atoms with E-state index in [-0.39, 0.29) is 0 Å². The maximum Gasteiger partial charge on any atom is 0.132 e. The second-order valence-electron chi connectivity index (χ2n) is 5.36. The van der Waals surface area contributed by atoms with E-state index >= 15 is 0 Å². The Morgan fingerprint density at radius 3 is 2.81 bits per heavy atom. The Hall–Kier alpha value is -1.94. The number of hydrogen-bond donors (Lipinski definition) is 0. The van der Waals surface area contributed by atoms with Crippen LogP contribution in [0.5, 0.6) is 0 Å². The van der Waals surface area contributed by atoms with Crippen LogP contribution >= 0.6 is 0 Å². The molecule has 0 bridgehead atoms. The van der Waals surface area contributed by atoms with Gasteiger partial charge in [-0.05, 0) is 18.9 Å². The topological polar surface area (TPSA) is 38.2 Å². The van der Waals surface area contributed by atoms with Crippen molar-refractivity contribution in [2.24, 2.45) is 0 Å². The summed E-state index contributed by atoms with van der Waals surface area (Å²) < 4.78 is 5.46. The summed E-state index contributed by atoms with van der Waals surface area (Å²) in [6.07, 6.45) is 2.73. The van der Waals surface area contributed by atoms with Crippen LogP contribution in [-0.2, 0) is 11.3 Å². The van der Waals surface area contributed by atoms with Gasteiger partial charge in [-0.25, -0.2) is 9.97 Å². The summed E-state index contributed by atoms with van der Waals surface area (Å²) in [6.45, 7) is 5.57. The second kappa shape index (κ2) is 6.68. The first-order valence-electron chi connectivity index (χ1n) is 7.55. The summed E-state index contributed by atoms with van der Waals surface area (Å²) in [5.74, 6) is 1.42. The second-order valence-corrected chi connectivity index (χ2v) is 5.36. The first kappa shape index (κ1) is 14.0. The maximum absolute atomic E-state index is 5.46. The van der Waals surface area contributed by atoms with Gasteiger partial charge < -0.3 is 9.64 Å². The number of anilines is 1. The van der Waals surface area contributed by atoms with Crippen molar-refractivity contribution >= 4 is 5.82 Å². The normalized spacial score (nSPS) is 17.9. The monoisotopic (exact) mass is 283 g/mol. The zero-order valence-electron chi connectivity index (χ0n) is 12.4. The fraction of sp³-hybridized carbons (Fsp3) is 0.412. The molecule has 0 spiro atoms. The van der Waals surface area contributed by atoms with Crippen molar-refractivity contribution < 1.29 is 4.74 Å². The number of rotatable bonds is 5. The number of nitrogens with zero attached hydrogens (tertiary/aromatic N) is 3. The van der Waals surface area contributed by atoms with Crippen LogP contribution in [0, 0.1) is 0 Å². The lowest BCUT2D eigenvalue weighted by Crippen LogP contribution is -2.23. The molecule has 0 amide bonds. The quantitative estimate of drug-likeness (QED) is 0.845. The van der Waals surface area contributed by atoms with E-state index in [2.05, 4.69) is 52.1 Å². The molecular weight excluding hydrogens is 262 g/mol. The van der Waals surface area contributed by atoms with Gasteiger partial charge in [0.25, 0.3) is 0 Å². The molecule has 1 aromatic carbocycles. The molecule has 3 rings (SSSR count). The van der Waals surface area contributed by atoms with E-state index in [1.165, 1.54) is 5.56 Å². The molecule has 1 saturated heterocycles. The molecule has 1 aliphatic heterocycles. The highest BCUT2D eigenvalue weighted by atomic mass is 16.5. The van der Waals surface area contributed by atoms with Crippen molar-refractivity contribution in [1.82, 2.24) is 9.97 Å². The van der Waals surface area contributed by atoms with E-state index in [9.17, 15) is 0 Å². The molecule has 0 N–H and O–H groups in total. The summed E-state index contributed by atoms with van der Waals surface area (Å²) in [4.78, 5) is 11.2. The van der Waals surface area contributed by atoms with Crippen LogP contribution in [0.3, 0.4) is 0 Å². The molecule has 2 aromatic rings. The molecule has 0 aliphatic carbocycles. The van der Waals surface area contributed by atoms with E-state index in [1.54, 1.807) is 6.33 Å². The van der Waals surface area contributed by atoms with Crippen molar-refractivity contribution in [1.29, 1.82) is 0 Å². The van der Waals surface area contributed by atoms with Crippen molar-refractivity contribution in [3.63, 3.8) is 0 Å². The molecule has 21 heavy (non-hydrogen) atoms. The molecule has 1 fully saturated rings. The fourth-order valence-electron chi connectivity index (χ4n) is 2.68. The van der Waals surface area contributed by atoms with E-state index in [4.69, 9.17) is 4.74 Å². The Morgan fingerprint density at radius 1 is 1.24 bits per heavy atom. The summed E-state index contributed by atoms with van der Waals surface area (Å²) in [7, 11) is 0. The minimum absolute atomic E-state index is 0.419. The zero-order chi connectivity index (χ0) is 14.5. The third-order valence-electron chi connectivity index (χ3n) is 3.94. The van der Waals surface area contributed by atoms with Crippen LogP contribution in [-0.4, -0.2) is 29.7 Å². The van der Waals surface area contributed by atoms with Crippen LogP contribution < -0.4 is 4.90 Å². The molecule has 1 aliphatic rings. The van der Waals surface area contributed by atoms with Gasteiger partial charge in [0, 0.05) is 31.7 Å². The Kier molecular flexibility index (Phi) is 4.46. The number of hydrogen-bond acceptors (Lipinski definition) is 4. The Balaban J connectivity index is 1.78. The summed E-state index contributed by atoms with van der Waals surface area (Å²) >= 11 is 0. The largest absolute Gasteiger partial charge is 0.381 e. The van der Waals surface area contributed by atoms with Crippen molar-refractivity contribution in [2.45, 2.75) is 25.8 Å². The summed E-state index contributed by atoms with van der Waals surface area (Å²) in [5, 5.41) is 0. The number of aromatic nitrogens is 2. The van der Waals surface area contributed by atoms with E-state index in [1.807, 2.05) is 6.07 Å². The predicted octanol–water partition coefficient (Wildman–Crippen LogP) is 3.01. The molecular formula is C17H21N3O. The third-order valence-corrected chi connectivity index (χ3v) is 3.94. The molecule has 2 heterocycles. The standard InChI is InChI=1S/C17H21N3O/c1-2-20(11-14-6-4-3-5-7-14)17-10-16(18-13-19-17)15-8-9-21-12-15/h3-7,10,13,15H,2,8-9,11-12H2,1H3. The molecule has 0 radical (unpaired) electrons. The summed E-state index contributed by atoms with van der Waals surface area (Å²) in [6, 6.07) is 12.6. The average Bonchev–Trinajstić information content (AvgIpc) is 3.08. The van der Waals surface area contributed by atoms with Gasteiger partial charge in [-0.1, -0.05) is 30.3 Å². The minimum Gasteiger partial charge on any atom is -0.381 e. The van der Waals surface area contributed by atoms with Gasteiger partial charge in [0.1, 0.15) is 12.1 Å². The van der Waals surface area contributed by atoms with Gasteiger partial charge in [0.05, 0.1) is 12.3 Å². The van der Waals surface area contributed by atoms with Crippen LogP contribution in [0.4, 0.5) is 5.82 Å². The Labute approximate surface area is 125 Å². The van der Waals surface area contributed by atoms with E-state index in [0.717, 1.165) is 44.2 Å². The molecule has 1 atom stereocenters. The lowest BCUT2D eigenvalue weighted by atomic mass is 10.0. The molecule has 4 nitrogen and oxygen atoms in total. The molecule has 0 saturated carbocycles. The molecule has 1 unspecified atom stereocenters. The highest BCUT2D eigenvalue weighted by Crippen LogP contribution is 2.25. The summed E-state index contributed by atoms with van der Waals surface area (Å²) in [5.41, 5.74) is 2.40. The van der Waals surface area contributed by atoms with Crippen LogP contribution in [0.1, 0.15) is 30.5 Å². The van der Waals surface area contributed by atoms with Crippen molar-refractivity contribution in [3.8, 4) is 0 Å². The highest BCUT2D eigenvalue weighted by Gasteiger charge is 2.20. The van der Waals surface area contributed by atoms with Gasteiger partial charge in [-0.2, -0.15) is 0 Å². The van der Waals surface area contributed by atoms with Crippen LogP contribution in [0.2, 0.25) is 0 Å². The van der Waals surface area contributed by atoms with Crippen LogP contribution in [0.25, 0.3) is 0 Å². The van der Waals surface area contributed by atoms with E-state index < -0.39 is 0 Å². The minimum atomic E-state index is 0.419. The van der Waals surface area contributed by atoms with Crippen molar-refractivity contribution in [2.75, 3.05) is 24.7 Å². The van der Waals surface area contributed by atoms with Gasteiger partial charge in [-0.3, -0.25) is 0 Å². The highest BCUT2D eigenvalue weighted by molar-refractivity contribution is 5.40. The molecule has 4 heteroatoms. The number of ether oxygens (including phenoxy) is 1. The van der Waals surface area contributed by atoms with Gasteiger partial charge in [-0.15, -0.1) is 0 Å². The molecule has 1 aromatic heterocycles. The smallest absolute Gasteiger partial charge is 0.132 e. The van der Waals surface area contributed by atoms with Gasteiger partial charge in [0.15, 0.2) is 0 Å². The fourth-order valence-corrected chi connectivity index (χ4v) is 2.68. The first-order valence-corrected chi connectivity index (χ1v) is 7.55. The maximum atomic E-state index is 5.46. The zero-order valence-corrected chi connectivity index (χ0v) is 12.4. The van der Waals surface area contributed by atoms with Crippen molar-refractivity contribution in [3.05, 3.63) is 54.0 Å². The Morgan fingerprint density at radius 2 is 2.10 bits per heavy atom.